The van der Waals surface area contributed by atoms with Crippen LogP contribution in [0.2, 0.25) is 0 Å². The normalized spacial score (nSPS) is 23.8. The Morgan fingerprint density at radius 2 is 1.96 bits per heavy atom. The number of anilines is 1. The quantitative estimate of drug-likeness (QED) is 0.829. The second kappa shape index (κ2) is 6.66. The van der Waals surface area contributed by atoms with E-state index >= 15 is 0 Å². The maximum atomic E-state index is 13.1. The number of benzene rings is 1. The lowest BCUT2D eigenvalue weighted by atomic mass is 10.1. The summed E-state index contributed by atoms with van der Waals surface area (Å²) in [7, 11) is -3.75. The molecule has 7 nitrogen and oxygen atoms in total. The molecule has 4 rings (SSSR count). The zero-order valence-electron chi connectivity index (χ0n) is 14.5. The highest BCUT2D eigenvalue weighted by atomic mass is 32.2. The summed E-state index contributed by atoms with van der Waals surface area (Å²) < 4.78 is 27.6. The van der Waals surface area contributed by atoms with Crippen molar-refractivity contribution in [3.63, 3.8) is 0 Å². The van der Waals surface area contributed by atoms with Crippen molar-refractivity contribution in [2.24, 2.45) is 0 Å². The lowest BCUT2D eigenvalue weighted by Gasteiger charge is -2.24. The molecule has 1 saturated carbocycles. The summed E-state index contributed by atoms with van der Waals surface area (Å²) >= 11 is 0. The Kier molecular flexibility index (Phi) is 4.48. The summed E-state index contributed by atoms with van der Waals surface area (Å²) in [5.41, 5.74) is 1.51. The molecule has 2 heterocycles. The molecule has 1 aromatic carbocycles. The molecule has 2 amide bonds. The maximum absolute atomic E-state index is 13.1. The van der Waals surface area contributed by atoms with Crippen LogP contribution in [0.5, 0.6) is 0 Å². The molecular weight excluding hydrogens is 354 g/mol. The number of carbonyl (C=O) groups excluding carboxylic acids is 2. The van der Waals surface area contributed by atoms with Gasteiger partial charge in [0.15, 0.2) is 0 Å². The van der Waals surface area contributed by atoms with Crippen molar-refractivity contribution in [3.8, 4) is 0 Å². The molecule has 1 aliphatic carbocycles. The van der Waals surface area contributed by atoms with Crippen LogP contribution in [0.4, 0.5) is 5.69 Å². The first-order valence-electron chi connectivity index (χ1n) is 9.20. The number of nitrogens with zero attached hydrogens (tertiary/aromatic N) is 1. The first-order chi connectivity index (χ1) is 12.4. The van der Waals surface area contributed by atoms with E-state index < -0.39 is 16.1 Å². The van der Waals surface area contributed by atoms with Gasteiger partial charge in [-0.25, -0.2) is 8.42 Å². The number of fused-ring (bicyclic) bond motifs is 1. The molecule has 140 valence electrons. The van der Waals surface area contributed by atoms with Crippen molar-refractivity contribution in [2.75, 3.05) is 11.9 Å². The van der Waals surface area contributed by atoms with Crippen molar-refractivity contribution in [1.29, 1.82) is 0 Å². The molecule has 1 saturated heterocycles. The molecule has 0 aromatic heterocycles. The number of hydrogen-bond acceptors (Lipinski definition) is 4. The summed E-state index contributed by atoms with van der Waals surface area (Å²) in [6, 6.07) is 4.40. The van der Waals surface area contributed by atoms with Gasteiger partial charge in [0.1, 0.15) is 6.04 Å². The van der Waals surface area contributed by atoms with E-state index in [1.54, 1.807) is 12.1 Å². The summed E-state index contributed by atoms with van der Waals surface area (Å²) in [5, 5.41) is 5.73. The smallest absolute Gasteiger partial charge is 0.243 e. The Balaban J connectivity index is 1.60. The van der Waals surface area contributed by atoms with Gasteiger partial charge >= 0.3 is 0 Å². The fourth-order valence-electron chi connectivity index (χ4n) is 3.66. The third-order valence-electron chi connectivity index (χ3n) is 5.24. The molecular formula is C18H23N3O4S. The van der Waals surface area contributed by atoms with Gasteiger partial charge in [-0.3, -0.25) is 9.59 Å². The van der Waals surface area contributed by atoms with Gasteiger partial charge in [0.25, 0.3) is 0 Å². The average Bonchev–Trinajstić information content (AvgIpc) is 3.30. The van der Waals surface area contributed by atoms with Gasteiger partial charge in [-0.2, -0.15) is 4.31 Å². The first-order valence-corrected chi connectivity index (χ1v) is 10.6. The third kappa shape index (κ3) is 3.35. The molecule has 0 bridgehead atoms. The largest absolute Gasteiger partial charge is 0.352 e. The van der Waals surface area contributed by atoms with Crippen LogP contribution in [0, 0.1) is 0 Å². The second-order valence-electron chi connectivity index (χ2n) is 7.28. The number of sulfonamides is 1. The minimum absolute atomic E-state index is 0.0456. The number of rotatable bonds is 4. The van der Waals surface area contributed by atoms with E-state index in [0.29, 0.717) is 44.3 Å². The number of hydrogen-bond donors (Lipinski definition) is 2. The predicted molar refractivity (Wildman–Crippen MR) is 96.1 cm³/mol. The number of nitrogens with one attached hydrogen (secondary N) is 2. The predicted octanol–water partition coefficient (Wildman–Crippen LogP) is 1.39. The Hall–Kier alpha value is -1.93. The van der Waals surface area contributed by atoms with E-state index in [4.69, 9.17) is 0 Å². The Labute approximate surface area is 153 Å². The zero-order chi connectivity index (χ0) is 18.3. The van der Waals surface area contributed by atoms with Crippen molar-refractivity contribution in [2.45, 2.75) is 61.9 Å². The summed E-state index contributed by atoms with van der Waals surface area (Å²) in [4.78, 5) is 24.3. The van der Waals surface area contributed by atoms with Gasteiger partial charge < -0.3 is 10.6 Å². The number of aryl methyl sites for hydroxylation is 1. The van der Waals surface area contributed by atoms with Crippen LogP contribution in [-0.4, -0.2) is 43.2 Å². The van der Waals surface area contributed by atoms with E-state index in [1.807, 2.05) is 0 Å². The van der Waals surface area contributed by atoms with Crippen molar-refractivity contribution < 1.29 is 18.0 Å². The van der Waals surface area contributed by atoms with Gasteiger partial charge in [-0.1, -0.05) is 0 Å². The summed E-state index contributed by atoms with van der Waals surface area (Å²) in [6.07, 6.45) is 4.97. The molecule has 26 heavy (non-hydrogen) atoms. The van der Waals surface area contributed by atoms with Crippen molar-refractivity contribution >= 4 is 27.5 Å². The molecule has 2 fully saturated rings. The minimum atomic E-state index is -3.75. The summed E-state index contributed by atoms with van der Waals surface area (Å²) in [5.74, 6) is -0.230. The monoisotopic (exact) mass is 377 g/mol. The van der Waals surface area contributed by atoms with Gasteiger partial charge in [-0.15, -0.1) is 0 Å². The second-order valence-corrected chi connectivity index (χ2v) is 9.17. The lowest BCUT2D eigenvalue weighted by molar-refractivity contribution is -0.124. The van der Waals surface area contributed by atoms with Gasteiger partial charge in [-0.05, 0) is 62.3 Å². The van der Waals surface area contributed by atoms with E-state index in [-0.39, 0.29) is 22.8 Å². The number of carbonyl (C=O) groups is 2. The molecule has 2 N–H and O–H groups in total. The van der Waals surface area contributed by atoms with E-state index in [0.717, 1.165) is 18.4 Å². The van der Waals surface area contributed by atoms with Crippen LogP contribution in [0.15, 0.2) is 23.1 Å². The molecule has 0 spiro atoms. The minimum Gasteiger partial charge on any atom is -0.352 e. The van der Waals surface area contributed by atoms with Gasteiger partial charge in [0.05, 0.1) is 4.90 Å². The molecule has 1 unspecified atom stereocenters. The maximum Gasteiger partial charge on any atom is 0.243 e. The molecule has 8 heteroatoms. The Bertz CT molecular complexity index is 848. The average molecular weight is 377 g/mol. The zero-order valence-corrected chi connectivity index (χ0v) is 15.3. The SMILES string of the molecule is O=C1CCCc2cc(S(=O)(=O)N3CCCC3C(=O)NC3CC3)ccc2N1. The van der Waals surface area contributed by atoms with E-state index in [2.05, 4.69) is 10.6 Å². The fraction of sp³-hybridized carbons (Fsp3) is 0.556. The van der Waals surface area contributed by atoms with E-state index in [9.17, 15) is 18.0 Å². The highest BCUT2D eigenvalue weighted by molar-refractivity contribution is 7.89. The highest BCUT2D eigenvalue weighted by Crippen LogP contribution is 2.31. The highest BCUT2D eigenvalue weighted by Gasteiger charge is 2.41. The molecule has 0 radical (unpaired) electrons. The molecule has 1 aromatic rings. The van der Waals surface area contributed by atoms with Crippen LogP contribution >= 0.6 is 0 Å². The summed E-state index contributed by atoms with van der Waals surface area (Å²) in [6.45, 7) is 0.360. The third-order valence-corrected chi connectivity index (χ3v) is 7.14. The molecule has 2 aliphatic heterocycles. The standard InChI is InChI=1S/C18H23N3O4S/c22-17-5-1-3-12-11-14(8-9-15(12)20-17)26(24,25)21-10-2-4-16(21)18(23)19-13-6-7-13/h8-9,11,13,16H,1-7,10H2,(H,19,23)(H,20,22). The fourth-order valence-corrected chi connectivity index (χ4v) is 5.37. The van der Waals surface area contributed by atoms with Gasteiger partial charge in [0.2, 0.25) is 21.8 Å². The van der Waals surface area contributed by atoms with Crippen molar-refractivity contribution in [1.82, 2.24) is 9.62 Å². The van der Waals surface area contributed by atoms with Crippen LogP contribution in [0.25, 0.3) is 0 Å². The Morgan fingerprint density at radius 1 is 1.15 bits per heavy atom. The van der Waals surface area contributed by atoms with Crippen LogP contribution < -0.4 is 10.6 Å². The molecule has 1 atom stereocenters. The van der Waals surface area contributed by atoms with Crippen LogP contribution in [-0.2, 0) is 26.0 Å². The van der Waals surface area contributed by atoms with Crippen LogP contribution in [0.1, 0.15) is 44.1 Å². The van der Waals surface area contributed by atoms with Crippen molar-refractivity contribution in [3.05, 3.63) is 23.8 Å². The number of amides is 2. The van der Waals surface area contributed by atoms with E-state index in [1.165, 1.54) is 10.4 Å². The first kappa shape index (κ1) is 17.5. The topological polar surface area (TPSA) is 95.6 Å². The lowest BCUT2D eigenvalue weighted by Crippen LogP contribution is -2.46. The van der Waals surface area contributed by atoms with Crippen LogP contribution in [0.3, 0.4) is 0 Å². The Morgan fingerprint density at radius 3 is 2.73 bits per heavy atom. The molecule has 3 aliphatic rings. The van der Waals surface area contributed by atoms with Gasteiger partial charge in [0, 0.05) is 24.7 Å².